The fraction of sp³-hybridized carbons (Fsp3) is 0.200. The summed E-state index contributed by atoms with van der Waals surface area (Å²) in [6.07, 6.45) is 2.91. The average Bonchev–Trinajstić information content (AvgIpc) is 2.92. The van der Waals surface area contributed by atoms with Gasteiger partial charge in [0, 0.05) is 6.54 Å². The minimum Gasteiger partial charge on any atom is -0.508 e. The molecule has 2 aromatic carbocycles. The number of amidine groups is 1. The van der Waals surface area contributed by atoms with Crippen molar-refractivity contribution in [3.8, 4) is 5.75 Å². The summed E-state index contributed by atoms with van der Waals surface area (Å²) in [6.45, 7) is 4.62. The van der Waals surface area contributed by atoms with Crippen molar-refractivity contribution in [3.63, 3.8) is 0 Å². The zero-order chi connectivity index (χ0) is 17.8. The molecular weight excluding hydrogens is 332 g/mol. The highest BCUT2D eigenvalue weighted by molar-refractivity contribution is 8.18. The van der Waals surface area contributed by atoms with Crippen LogP contribution in [-0.2, 0) is 11.2 Å². The minimum atomic E-state index is -0.0235. The third-order valence-electron chi connectivity index (χ3n) is 3.96. The Kier molecular flexibility index (Phi) is 5.24. The third kappa shape index (κ3) is 3.94. The van der Waals surface area contributed by atoms with Gasteiger partial charge in [-0.1, -0.05) is 31.2 Å². The molecule has 1 saturated heterocycles. The number of thioether (sulfide) groups is 1. The van der Waals surface area contributed by atoms with E-state index in [-0.39, 0.29) is 11.7 Å². The number of benzene rings is 2. The number of nitrogens with zero attached hydrogens (tertiary/aromatic N) is 2. The van der Waals surface area contributed by atoms with Crippen LogP contribution in [0.3, 0.4) is 0 Å². The summed E-state index contributed by atoms with van der Waals surface area (Å²) in [4.78, 5) is 19.5. The molecular formula is C20H20N2O2S. The Morgan fingerprint density at radius 3 is 2.36 bits per heavy atom. The second kappa shape index (κ2) is 7.57. The zero-order valence-electron chi connectivity index (χ0n) is 14.3. The molecule has 1 aliphatic rings. The van der Waals surface area contributed by atoms with Gasteiger partial charge in [0.1, 0.15) is 5.75 Å². The van der Waals surface area contributed by atoms with Crippen LogP contribution in [0.4, 0.5) is 5.69 Å². The van der Waals surface area contributed by atoms with Crippen molar-refractivity contribution in [2.24, 2.45) is 4.99 Å². The van der Waals surface area contributed by atoms with Crippen LogP contribution in [0.1, 0.15) is 25.0 Å². The molecule has 1 aliphatic heterocycles. The monoisotopic (exact) mass is 352 g/mol. The second-order valence-electron chi connectivity index (χ2n) is 5.67. The quantitative estimate of drug-likeness (QED) is 0.820. The summed E-state index contributed by atoms with van der Waals surface area (Å²) in [6, 6.07) is 14.9. The Bertz CT molecular complexity index is 824. The molecule has 128 valence electrons. The summed E-state index contributed by atoms with van der Waals surface area (Å²) in [5.41, 5.74) is 2.99. The van der Waals surface area contributed by atoms with Crippen molar-refractivity contribution >= 4 is 34.6 Å². The van der Waals surface area contributed by atoms with E-state index < -0.39 is 0 Å². The Hall–Kier alpha value is -2.53. The van der Waals surface area contributed by atoms with Gasteiger partial charge in [-0.2, -0.15) is 0 Å². The van der Waals surface area contributed by atoms with Crippen LogP contribution in [0.15, 0.2) is 58.4 Å². The first-order valence-corrected chi connectivity index (χ1v) is 9.10. The number of hydrogen-bond acceptors (Lipinski definition) is 4. The Balaban J connectivity index is 1.88. The first kappa shape index (κ1) is 17.3. The number of phenolic OH excluding ortho intramolecular Hbond substituents is 1. The van der Waals surface area contributed by atoms with Gasteiger partial charge in [-0.25, -0.2) is 4.99 Å². The Morgan fingerprint density at radius 1 is 1.08 bits per heavy atom. The molecule has 4 nitrogen and oxygen atoms in total. The van der Waals surface area contributed by atoms with Gasteiger partial charge < -0.3 is 5.11 Å². The molecule has 0 spiro atoms. The Labute approximate surface area is 151 Å². The van der Waals surface area contributed by atoms with Crippen molar-refractivity contribution < 1.29 is 9.90 Å². The van der Waals surface area contributed by atoms with Crippen molar-refractivity contribution in [2.75, 3.05) is 6.54 Å². The fourth-order valence-corrected chi connectivity index (χ4v) is 3.57. The smallest absolute Gasteiger partial charge is 0.266 e. The molecule has 25 heavy (non-hydrogen) atoms. The lowest BCUT2D eigenvalue weighted by atomic mass is 10.1. The lowest BCUT2D eigenvalue weighted by Gasteiger charge is -2.11. The largest absolute Gasteiger partial charge is 0.508 e. The van der Waals surface area contributed by atoms with Gasteiger partial charge in [0.2, 0.25) is 0 Å². The normalized spacial score (nSPS) is 17.7. The van der Waals surface area contributed by atoms with Gasteiger partial charge in [0.15, 0.2) is 5.17 Å². The summed E-state index contributed by atoms with van der Waals surface area (Å²) in [5.74, 6) is 0.173. The number of aliphatic imine (C=N–C) groups is 1. The number of hydrogen-bond donors (Lipinski definition) is 1. The molecule has 0 aromatic heterocycles. The standard InChI is InChI=1S/C20H20N2O2S/c1-3-14-5-7-15(8-6-14)13-18-19(24)22(4-2)20(25-18)21-16-9-11-17(23)12-10-16/h5-13,23H,3-4H2,1-2H3/b18-13-,21-20?. The predicted octanol–water partition coefficient (Wildman–Crippen LogP) is 4.58. The van der Waals surface area contributed by atoms with E-state index in [1.165, 1.54) is 17.3 Å². The maximum atomic E-state index is 12.6. The average molecular weight is 352 g/mol. The van der Waals surface area contributed by atoms with Gasteiger partial charge in [0.05, 0.1) is 10.6 Å². The third-order valence-corrected chi connectivity index (χ3v) is 4.97. The number of likely N-dealkylation sites (N-methyl/N-ethyl adjacent to an activating group) is 1. The predicted molar refractivity (Wildman–Crippen MR) is 104 cm³/mol. The van der Waals surface area contributed by atoms with Gasteiger partial charge >= 0.3 is 0 Å². The first-order chi connectivity index (χ1) is 12.1. The van der Waals surface area contributed by atoms with Crippen LogP contribution >= 0.6 is 11.8 Å². The minimum absolute atomic E-state index is 0.0235. The van der Waals surface area contributed by atoms with Gasteiger partial charge in [-0.05, 0) is 66.6 Å². The van der Waals surface area contributed by atoms with Crippen molar-refractivity contribution in [1.82, 2.24) is 4.90 Å². The van der Waals surface area contributed by atoms with E-state index in [9.17, 15) is 9.90 Å². The topological polar surface area (TPSA) is 52.9 Å². The molecule has 0 aliphatic carbocycles. The highest BCUT2D eigenvalue weighted by Crippen LogP contribution is 2.34. The molecule has 5 heteroatoms. The van der Waals surface area contributed by atoms with Gasteiger partial charge in [-0.3, -0.25) is 9.69 Å². The van der Waals surface area contributed by atoms with Gasteiger partial charge in [-0.15, -0.1) is 0 Å². The maximum absolute atomic E-state index is 12.6. The lowest BCUT2D eigenvalue weighted by Crippen LogP contribution is -2.28. The number of amides is 1. The molecule has 1 fully saturated rings. The van der Waals surface area contributed by atoms with Crippen molar-refractivity contribution in [1.29, 1.82) is 0 Å². The van der Waals surface area contributed by atoms with E-state index in [0.717, 1.165) is 12.0 Å². The molecule has 2 aromatic rings. The highest BCUT2D eigenvalue weighted by Gasteiger charge is 2.32. The number of rotatable bonds is 4. The molecule has 1 N–H and O–H groups in total. The molecule has 0 atom stereocenters. The summed E-state index contributed by atoms with van der Waals surface area (Å²) in [7, 11) is 0. The van der Waals surface area contributed by atoms with Crippen LogP contribution in [0.5, 0.6) is 5.75 Å². The van der Waals surface area contributed by atoms with E-state index in [2.05, 4.69) is 24.0 Å². The van der Waals surface area contributed by atoms with E-state index in [0.29, 0.717) is 22.3 Å². The van der Waals surface area contributed by atoms with E-state index in [1.54, 1.807) is 29.2 Å². The second-order valence-corrected chi connectivity index (χ2v) is 6.68. The number of aromatic hydroxyl groups is 1. The Morgan fingerprint density at radius 2 is 1.76 bits per heavy atom. The highest BCUT2D eigenvalue weighted by atomic mass is 32.2. The van der Waals surface area contributed by atoms with Crippen LogP contribution in [0.25, 0.3) is 6.08 Å². The summed E-state index contributed by atoms with van der Waals surface area (Å²) < 4.78 is 0. The molecule has 1 amide bonds. The lowest BCUT2D eigenvalue weighted by molar-refractivity contribution is -0.122. The van der Waals surface area contributed by atoms with Crippen LogP contribution < -0.4 is 0 Å². The van der Waals surface area contributed by atoms with Crippen LogP contribution in [0, 0.1) is 0 Å². The molecule has 0 unspecified atom stereocenters. The van der Waals surface area contributed by atoms with Gasteiger partial charge in [0.25, 0.3) is 5.91 Å². The van der Waals surface area contributed by atoms with E-state index >= 15 is 0 Å². The maximum Gasteiger partial charge on any atom is 0.266 e. The number of aryl methyl sites for hydroxylation is 1. The fourth-order valence-electron chi connectivity index (χ4n) is 2.51. The number of carbonyl (C=O) groups is 1. The molecule has 0 saturated carbocycles. The molecule has 3 rings (SSSR count). The first-order valence-electron chi connectivity index (χ1n) is 8.28. The number of phenols is 1. The van der Waals surface area contributed by atoms with E-state index in [4.69, 9.17) is 0 Å². The van der Waals surface area contributed by atoms with Crippen molar-refractivity contribution in [2.45, 2.75) is 20.3 Å². The summed E-state index contributed by atoms with van der Waals surface area (Å²) in [5, 5.41) is 10.0. The van der Waals surface area contributed by atoms with Crippen molar-refractivity contribution in [3.05, 3.63) is 64.6 Å². The SMILES string of the molecule is CCc1ccc(/C=C2\SC(=Nc3ccc(O)cc3)N(CC)C2=O)cc1. The molecule has 0 radical (unpaired) electrons. The van der Waals surface area contributed by atoms with E-state index in [1.807, 2.05) is 25.1 Å². The zero-order valence-corrected chi connectivity index (χ0v) is 15.1. The molecule has 1 heterocycles. The summed E-state index contributed by atoms with van der Waals surface area (Å²) >= 11 is 1.38. The van der Waals surface area contributed by atoms with Crippen LogP contribution in [-0.4, -0.2) is 27.6 Å². The molecule has 0 bridgehead atoms. The van der Waals surface area contributed by atoms with Crippen LogP contribution in [0.2, 0.25) is 0 Å². The number of carbonyl (C=O) groups excluding carboxylic acids is 1.